The zero-order valence-corrected chi connectivity index (χ0v) is 7.65. The van der Waals surface area contributed by atoms with Crippen LogP contribution in [0.15, 0.2) is 0 Å². The first kappa shape index (κ1) is 13.8. The van der Waals surface area contributed by atoms with Gasteiger partial charge in [0.2, 0.25) is 0 Å². The maximum Gasteiger partial charge on any atom is 0.337 e. The van der Waals surface area contributed by atoms with Crippen molar-refractivity contribution in [3.63, 3.8) is 0 Å². The van der Waals surface area contributed by atoms with E-state index in [-0.39, 0.29) is 0 Å². The molecule has 0 aliphatic carbocycles. The van der Waals surface area contributed by atoms with Crippen molar-refractivity contribution in [3.05, 3.63) is 0 Å². The van der Waals surface area contributed by atoms with Crippen molar-refractivity contribution >= 4 is 23.9 Å². The summed E-state index contributed by atoms with van der Waals surface area (Å²) in [6.07, 6.45) is -1.54. The molecule has 0 rings (SSSR count). The number of aliphatic carboxylic acids is 4. The second-order valence-electron chi connectivity index (χ2n) is 2.91. The molecule has 16 heavy (non-hydrogen) atoms. The second kappa shape index (κ2) is 4.57. The van der Waals surface area contributed by atoms with Gasteiger partial charge in [0.1, 0.15) is 0 Å². The lowest BCUT2D eigenvalue weighted by molar-refractivity contribution is -0.185. The summed E-state index contributed by atoms with van der Waals surface area (Å²) in [6, 6.07) is 0. The lowest BCUT2D eigenvalue weighted by atomic mass is 9.84. The van der Waals surface area contributed by atoms with E-state index in [0.717, 1.165) is 0 Å². The van der Waals surface area contributed by atoms with Crippen LogP contribution in [0.4, 0.5) is 0 Å². The minimum absolute atomic E-state index is 1.54. The van der Waals surface area contributed by atoms with Crippen LogP contribution >= 0.6 is 0 Å². The summed E-state index contributed by atoms with van der Waals surface area (Å²) in [5.74, 6) is -11.1. The predicted molar refractivity (Wildman–Crippen MR) is 43.6 cm³/mol. The van der Waals surface area contributed by atoms with Crippen LogP contribution in [0.25, 0.3) is 0 Å². The van der Waals surface area contributed by atoms with Crippen molar-refractivity contribution in [2.24, 2.45) is 5.92 Å². The van der Waals surface area contributed by atoms with Crippen LogP contribution in [0.1, 0.15) is 6.42 Å². The molecule has 0 aliphatic rings. The molecule has 5 N–H and O–H groups in total. The molecule has 9 heteroatoms. The number of carboxylic acids is 4. The van der Waals surface area contributed by atoms with E-state index in [0.29, 0.717) is 0 Å². The van der Waals surface area contributed by atoms with Gasteiger partial charge in [0.05, 0.1) is 6.42 Å². The monoisotopic (exact) mass is 236 g/mol. The van der Waals surface area contributed by atoms with E-state index >= 15 is 0 Å². The highest BCUT2D eigenvalue weighted by atomic mass is 16.4. The minimum Gasteiger partial charge on any atom is -0.481 e. The molecule has 0 bridgehead atoms. The Labute approximate surface area is 87.5 Å². The van der Waals surface area contributed by atoms with Crippen LogP contribution < -0.4 is 0 Å². The Morgan fingerprint density at radius 3 is 1.50 bits per heavy atom. The Morgan fingerprint density at radius 1 is 0.938 bits per heavy atom. The van der Waals surface area contributed by atoms with Crippen LogP contribution in [-0.2, 0) is 19.2 Å². The topological polar surface area (TPSA) is 169 Å². The van der Waals surface area contributed by atoms with Crippen molar-refractivity contribution in [1.29, 1.82) is 0 Å². The van der Waals surface area contributed by atoms with Crippen LogP contribution in [0.3, 0.4) is 0 Å². The summed E-state index contributed by atoms with van der Waals surface area (Å²) in [7, 11) is 0. The molecule has 0 fully saturated rings. The number of aliphatic hydroxyl groups is 1. The molecule has 0 aliphatic heterocycles. The molecule has 0 spiro atoms. The number of carbonyl (C=O) groups is 4. The van der Waals surface area contributed by atoms with Crippen molar-refractivity contribution in [2.45, 2.75) is 12.0 Å². The first-order valence-electron chi connectivity index (χ1n) is 3.76. The molecule has 90 valence electrons. The first-order valence-corrected chi connectivity index (χ1v) is 3.76. The van der Waals surface area contributed by atoms with Crippen LogP contribution in [0.2, 0.25) is 0 Å². The van der Waals surface area contributed by atoms with Gasteiger partial charge < -0.3 is 25.5 Å². The van der Waals surface area contributed by atoms with E-state index in [2.05, 4.69) is 0 Å². The molecule has 1 unspecified atom stereocenters. The molecule has 0 heterocycles. The fraction of sp³-hybridized carbons (Fsp3) is 0.429. The lowest BCUT2D eigenvalue weighted by Gasteiger charge is -2.24. The third-order valence-corrected chi connectivity index (χ3v) is 1.76. The molecular weight excluding hydrogens is 228 g/mol. The molecule has 0 aromatic carbocycles. The zero-order chi connectivity index (χ0) is 13.1. The molecule has 0 saturated carbocycles. The molecule has 0 amide bonds. The van der Waals surface area contributed by atoms with Gasteiger partial charge in [-0.2, -0.15) is 0 Å². The van der Waals surface area contributed by atoms with E-state index in [1.807, 2.05) is 0 Å². The minimum atomic E-state index is -3.40. The summed E-state index contributed by atoms with van der Waals surface area (Å²) in [4.78, 5) is 41.8. The molecule has 9 nitrogen and oxygen atoms in total. The number of carboxylic acid groups (broad SMARTS) is 4. The molecule has 0 radical (unpaired) electrons. The Balaban J connectivity index is 5.46. The summed E-state index contributed by atoms with van der Waals surface area (Å²) in [5.41, 5.74) is -3.40. The molecule has 0 saturated heterocycles. The maximum absolute atomic E-state index is 10.6. The summed E-state index contributed by atoms with van der Waals surface area (Å²) in [5, 5.41) is 43.0. The predicted octanol–water partition coefficient (Wildman–Crippen LogP) is -1.94. The summed E-state index contributed by atoms with van der Waals surface area (Å²) < 4.78 is 0. The Kier molecular flexibility index (Phi) is 3.96. The van der Waals surface area contributed by atoms with Crippen LogP contribution in [0, 0.1) is 5.92 Å². The summed E-state index contributed by atoms with van der Waals surface area (Å²) in [6.45, 7) is 0. The lowest BCUT2D eigenvalue weighted by Crippen LogP contribution is -2.53. The summed E-state index contributed by atoms with van der Waals surface area (Å²) >= 11 is 0. The van der Waals surface area contributed by atoms with Crippen LogP contribution in [0.5, 0.6) is 0 Å². The van der Waals surface area contributed by atoms with Gasteiger partial charge in [-0.05, 0) is 0 Å². The van der Waals surface area contributed by atoms with E-state index in [1.165, 1.54) is 0 Å². The van der Waals surface area contributed by atoms with E-state index in [1.54, 1.807) is 0 Å². The van der Waals surface area contributed by atoms with Crippen molar-refractivity contribution < 1.29 is 44.7 Å². The zero-order valence-electron chi connectivity index (χ0n) is 7.65. The van der Waals surface area contributed by atoms with Crippen molar-refractivity contribution in [3.8, 4) is 0 Å². The molecule has 1 atom stereocenters. The average molecular weight is 236 g/mol. The quantitative estimate of drug-likeness (QED) is 0.329. The van der Waals surface area contributed by atoms with Gasteiger partial charge >= 0.3 is 23.9 Å². The second-order valence-corrected chi connectivity index (χ2v) is 2.91. The Hall–Kier alpha value is -2.16. The SMILES string of the molecule is O=C(O)CC(O)(C(=O)O)C(C(=O)O)C(=O)O. The third-order valence-electron chi connectivity index (χ3n) is 1.76. The van der Waals surface area contributed by atoms with Crippen molar-refractivity contribution in [2.75, 3.05) is 0 Å². The number of hydrogen-bond donors (Lipinski definition) is 5. The van der Waals surface area contributed by atoms with Gasteiger partial charge in [0, 0.05) is 0 Å². The highest BCUT2D eigenvalue weighted by Gasteiger charge is 2.54. The normalized spacial score (nSPS) is 14.1. The largest absolute Gasteiger partial charge is 0.481 e. The maximum atomic E-state index is 10.6. The molecule has 0 aromatic rings. The van der Waals surface area contributed by atoms with Gasteiger partial charge in [-0.3, -0.25) is 14.4 Å². The van der Waals surface area contributed by atoms with Gasteiger partial charge in [0.25, 0.3) is 0 Å². The standard InChI is InChI=1S/C7H8O9/c8-2(9)1-7(16,6(14)15)3(4(10)11)5(12)13/h3,16H,1H2,(H,8,9)(H,10,11)(H,12,13)(H,14,15). The highest BCUT2D eigenvalue weighted by Crippen LogP contribution is 2.23. The Bertz CT molecular complexity index is 332. The molecule has 0 aromatic heterocycles. The number of rotatable bonds is 6. The van der Waals surface area contributed by atoms with Gasteiger partial charge in [0.15, 0.2) is 11.5 Å². The van der Waals surface area contributed by atoms with E-state index < -0.39 is 41.8 Å². The fourth-order valence-electron chi connectivity index (χ4n) is 1.05. The molecular formula is C7H8O9. The van der Waals surface area contributed by atoms with Crippen molar-refractivity contribution in [1.82, 2.24) is 0 Å². The first-order chi connectivity index (χ1) is 7.12. The van der Waals surface area contributed by atoms with Gasteiger partial charge in [-0.1, -0.05) is 0 Å². The average Bonchev–Trinajstić information content (AvgIpc) is 1.99. The fourth-order valence-corrected chi connectivity index (χ4v) is 1.05. The van der Waals surface area contributed by atoms with Gasteiger partial charge in [-0.25, -0.2) is 4.79 Å². The van der Waals surface area contributed by atoms with E-state index in [4.69, 9.17) is 20.4 Å². The highest BCUT2D eigenvalue weighted by molar-refractivity contribution is 6.01. The van der Waals surface area contributed by atoms with Gasteiger partial charge in [-0.15, -0.1) is 0 Å². The van der Waals surface area contributed by atoms with Crippen LogP contribution in [-0.4, -0.2) is 55.0 Å². The Morgan fingerprint density at radius 2 is 1.31 bits per heavy atom. The third kappa shape index (κ3) is 2.67. The van der Waals surface area contributed by atoms with E-state index in [9.17, 15) is 24.3 Å². The smallest absolute Gasteiger partial charge is 0.337 e. The number of hydrogen-bond acceptors (Lipinski definition) is 5.